The summed E-state index contributed by atoms with van der Waals surface area (Å²) >= 11 is 1.33. The van der Waals surface area contributed by atoms with Crippen LogP contribution in [-0.4, -0.2) is 23.1 Å². The van der Waals surface area contributed by atoms with Crippen LogP contribution in [0.5, 0.6) is 0 Å². The van der Waals surface area contributed by atoms with E-state index in [-0.39, 0.29) is 0 Å². The van der Waals surface area contributed by atoms with Gasteiger partial charge < -0.3 is 0 Å². The van der Waals surface area contributed by atoms with E-state index >= 15 is 0 Å². The minimum atomic E-state index is -6.49. The molecule has 0 saturated carbocycles. The molecule has 0 aromatic rings. The van der Waals surface area contributed by atoms with E-state index in [0.29, 0.717) is 0 Å². The lowest BCUT2D eigenvalue weighted by atomic mass is 10.2. The van der Waals surface area contributed by atoms with Gasteiger partial charge in [-0.25, -0.2) is 4.39 Å². The van der Waals surface area contributed by atoms with Crippen LogP contribution in [-0.2, 0) is 0 Å². The van der Waals surface area contributed by atoms with Crippen LogP contribution in [0.25, 0.3) is 0 Å². The van der Waals surface area contributed by atoms with Crippen LogP contribution in [0.1, 0.15) is 0 Å². The predicted molar refractivity (Wildman–Crippen MR) is 29.8 cm³/mol. The lowest BCUT2D eigenvalue weighted by Crippen LogP contribution is -2.55. The Labute approximate surface area is 75.0 Å². The van der Waals surface area contributed by atoms with Gasteiger partial charge >= 0.3 is 18.0 Å². The van der Waals surface area contributed by atoms with Crippen molar-refractivity contribution >= 4 is 15.9 Å². The van der Waals surface area contributed by atoms with Crippen molar-refractivity contribution in [2.75, 3.05) is 0 Å². The molecule has 0 aliphatic rings. The second kappa shape index (κ2) is 3.25. The number of halogens is 9. The van der Waals surface area contributed by atoms with Gasteiger partial charge in [0.1, 0.15) is 0 Å². The third-order valence-corrected chi connectivity index (χ3v) is 1.62. The van der Waals surface area contributed by atoms with E-state index in [1.807, 2.05) is 0 Å². The molecule has 0 radical (unpaired) electrons. The Morgan fingerprint density at radius 1 is 0.846 bits per heavy atom. The molecule has 0 N–H and O–H groups in total. The zero-order valence-corrected chi connectivity index (χ0v) is 7.07. The molecule has 0 aliphatic heterocycles. The number of hydrogen-bond donors (Lipinski definition) is 0. The number of rotatable bonds is 2. The fourth-order valence-corrected chi connectivity index (χ4v) is 0.614. The van der Waals surface area contributed by atoms with E-state index in [1.165, 1.54) is 15.9 Å². The smallest absolute Gasteiger partial charge is 0.228 e. The van der Waals surface area contributed by atoms with Gasteiger partial charge in [0.15, 0.2) is 0 Å². The Morgan fingerprint density at radius 3 is 1.23 bits per heavy atom. The molecule has 9 heteroatoms. The summed E-state index contributed by atoms with van der Waals surface area (Å²) in [6.07, 6.45) is -6.49. The zero-order chi connectivity index (χ0) is 11.1. The van der Waals surface area contributed by atoms with Crippen molar-refractivity contribution in [1.29, 1.82) is 0 Å². The van der Waals surface area contributed by atoms with Crippen molar-refractivity contribution in [3.05, 3.63) is 0 Å². The standard InChI is InChI=1S/C4HBrF8/c5-1(6)2(7,8)3(9,10)4(11,12)13/h1H. The van der Waals surface area contributed by atoms with Crippen molar-refractivity contribution in [3.63, 3.8) is 0 Å². The van der Waals surface area contributed by atoms with Gasteiger partial charge in [0.25, 0.3) is 0 Å². The minimum Gasteiger partial charge on any atom is -0.228 e. The molecule has 1 unspecified atom stereocenters. The van der Waals surface area contributed by atoms with Crippen LogP contribution < -0.4 is 0 Å². The Morgan fingerprint density at radius 2 is 1.15 bits per heavy atom. The van der Waals surface area contributed by atoms with Crippen molar-refractivity contribution in [2.24, 2.45) is 0 Å². The summed E-state index contributed by atoms with van der Waals surface area (Å²) < 4.78 is 93.0. The fourth-order valence-electron chi connectivity index (χ4n) is 0.326. The van der Waals surface area contributed by atoms with Crippen LogP contribution >= 0.6 is 15.9 Å². The van der Waals surface area contributed by atoms with E-state index in [2.05, 4.69) is 0 Å². The van der Waals surface area contributed by atoms with Gasteiger partial charge in [0.05, 0.1) is 0 Å². The molecule has 0 aromatic carbocycles. The first kappa shape index (κ1) is 12.9. The molecular weight excluding hydrogens is 280 g/mol. The molecule has 0 fully saturated rings. The second-order valence-electron chi connectivity index (χ2n) is 2.00. The Balaban J connectivity index is 5.04. The van der Waals surface area contributed by atoms with Crippen LogP contribution in [0.3, 0.4) is 0 Å². The molecule has 0 spiro atoms. The molecule has 0 nitrogen and oxygen atoms in total. The Bertz CT molecular complexity index is 181. The van der Waals surface area contributed by atoms with Crippen LogP contribution in [0, 0.1) is 0 Å². The van der Waals surface area contributed by atoms with Gasteiger partial charge in [0.2, 0.25) is 5.08 Å². The van der Waals surface area contributed by atoms with Crippen molar-refractivity contribution in [2.45, 2.75) is 23.1 Å². The topological polar surface area (TPSA) is 0 Å². The molecule has 0 aliphatic carbocycles. The monoisotopic (exact) mass is 280 g/mol. The van der Waals surface area contributed by atoms with E-state index in [9.17, 15) is 35.1 Å². The highest BCUT2D eigenvalue weighted by Gasteiger charge is 2.75. The summed E-state index contributed by atoms with van der Waals surface area (Å²) in [5, 5.41) is -3.77. The third-order valence-electron chi connectivity index (χ3n) is 1.05. The van der Waals surface area contributed by atoms with Gasteiger partial charge in [-0.05, 0) is 15.9 Å². The molecule has 13 heavy (non-hydrogen) atoms. The SMILES string of the molecule is FC(Br)C(F)(F)C(F)(F)C(F)(F)F. The molecule has 0 aromatic heterocycles. The Hall–Kier alpha value is -0.0800. The molecule has 0 bridgehead atoms. The molecule has 0 amide bonds. The van der Waals surface area contributed by atoms with Crippen molar-refractivity contribution in [3.8, 4) is 0 Å². The van der Waals surface area contributed by atoms with Crippen LogP contribution in [0.4, 0.5) is 35.1 Å². The highest BCUT2D eigenvalue weighted by molar-refractivity contribution is 9.09. The third kappa shape index (κ3) is 2.05. The maximum absolute atomic E-state index is 11.9. The summed E-state index contributed by atoms with van der Waals surface area (Å²) in [7, 11) is 0. The largest absolute Gasteiger partial charge is 0.460 e. The summed E-state index contributed by atoms with van der Waals surface area (Å²) in [6, 6.07) is 0. The summed E-state index contributed by atoms with van der Waals surface area (Å²) in [5.74, 6) is -12.2. The Kier molecular flexibility index (Phi) is 3.23. The van der Waals surface area contributed by atoms with Gasteiger partial charge in [-0.1, -0.05) is 0 Å². The van der Waals surface area contributed by atoms with Crippen molar-refractivity contribution < 1.29 is 35.1 Å². The van der Waals surface area contributed by atoms with Crippen LogP contribution in [0.15, 0.2) is 0 Å². The first-order valence-electron chi connectivity index (χ1n) is 2.55. The maximum atomic E-state index is 11.9. The molecular formula is C4HBrF8. The first-order valence-corrected chi connectivity index (χ1v) is 3.46. The minimum absolute atomic E-state index is 1.33. The molecule has 80 valence electrons. The summed E-state index contributed by atoms with van der Waals surface area (Å²) in [4.78, 5) is 0. The second-order valence-corrected chi connectivity index (χ2v) is 2.80. The number of alkyl halides is 9. The quantitative estimate of drug-likeness (QED) is 0.536. The van der Waals surface area contributed by atoms with Gasteiger partial charge in [-0.3, -0.25) is 0 Å². The molecule has 0 rings (SSSR count). The first-order chi connectivity index (χ1) is 5.44. The lowest BCUT2D eigenvalue weighted by Gasteiger charge is -2.28. The summed E-state index contributed by atoms with van der Waals surface area (Å²) in [5.41, 5.74) is 0. The average Bonchev–Trinajstić information content (AvgIpc) is 1.84. The zero-order valence-electron chi connectivity index (χ0n) is 5.48. The van der Waals surface area contributed by atoms with Gasteiger partial charge in [-0.15, -0.1) is 0 Å². The maximum Gasteiger partial charge on any atom is 0.460 e. The molecule has 1 atom stereocenters. The van der Waals surface area contributed by atoms with E-state index in [0.717, 1.165) is 0 Å². The lowest BCUT2D eigenvalue weighted by molar-refractivity contribution is -0.358. The van der Waals surface area contributed by atoms with Gasteiger partial charge in [0, 0.05) is 0 Å². The highest BCUT2D eigenvalue weighted by atomic mass is 79.9. The normalized spacial score (nSPS) is 17.3. The fraction of sp³-hybridized carbons (Fsp3) is 1.00. The molecule has 0 heterocycles. The predicted octanol–water partition coefficient (Wildman–Crippen LogP) is 3.51. The summed E-state index contributed by atoms with van der Waals surface area (Å²) in [6.45, 7) is 0. The highest BCUT2D eigenvalue weighted by Crippen LogP contribution is 2.49. The van der Waals surface area contributed by atoms with E-state index < -0.39 is 23.1 Å². The van der Waals surface area contributed by atoms with Crippen LogP contribution in [0.2, 0.25) is 0 Å². The average molecular weight is 281 g/mol. The molecule has 0 saturated heterocycles. The van der Waals surface area contributed by atoms with E-state index in [4.69, 9.17) is 0 Å². The van der Waals surface area contributed by atoms with E-state index in [1.54, 1.807) is 0 Å². The van der Waals surface area contributed by atoms with Crippen molar-refractivity contribution in [1.82, 2.24) is 0 Å². The number of hydrogen-bond acceptors (Lipinski definition) is 0. The van der Waals surface area contributed by atoms with Gasteiger partial charge in [-0.2, -0.15) is 30.7 Å².